The minimum atomic E-state index is 0.211. The fraction of sp³-hybridized carbons (Fsp3) is 0.625. The molecule has 1 aliphatic heterocycles. The Balaban J connectivity index is 2.14. The number of likely N-dealkylation sites (tertiary alicyclic amines) is 1. The van der Waals surface area contributed by atoms with Crippen molar-refractivity contribution >= 4 is 11.6 Å². The van der Waals surface area contributed by atoms with E-state index < -0.39 is 0 Å². The summed E-state index contributed by atoms with van der Waals surface area (Å²) < 4.78 is 5.16. The molecule has 0 spiro atoms. The van der Waals surface area contributed by atoms with Gasteiger partial charge >= 0.3 is 0 Å². The Labute approximate surface area is 126 Å². The summed E-state index contributed by atoms with van der Waals surface area (Å²) in [5.41, 5.74) is 1.29. The van der Waals surface area contributed by atoms with Gasteiger partial charge in [0.05, 0.1) is 7.11 Å². The van der Waals surface area contributed by atoms with Crippen molar-refractivity contribution < 1.29 is 9.84 Å². The van der Waals surface area contributed by atoms with Crippen LogP contribution >= 0.6 is 11.6 Å². The third kappa shape index (κ3) is 3.04. The molecule has 0 unspecified atom stereocenters. The molecule has 3 nitrogen and oxygen atoms in total. The van der Waals surface area contributed by atoms with Crippen LogP contribution in [0.5, 0.6) is 11.5 Å². The monoisotopic (exact) mass is 297 g/mol. The molecule has 0 amide bonds. The van der Waals surface area contributed by atoms with E-state index in [1.807, 2.05) is 6.07 Å². The zero-order chi connectivity index (χ0) is 14.8. The van der Waals surface area contributed by atoms with Crippen LogP contribution in [0, 0.1) is 5.41 Å². The van der Waals surface area contributed by atoms with Gasteiger partial charge in [0.2, 0.25) is 0 Å². The van der Waals surface area contributed by atoms with Gasteiger partial charge in [-0.05, 0) is 37.3 Å². The summed E-state index contributed by atoms with van der Waals surface area (Å²) in [5, 5.41) is 10.8. The summed E-state index contributed by atoms with van der Waals surface area (Å²) in [6, 6.07) is 3.48. The van der Waals surface area contributed by atoms with Crippen molar-refractivity contribution in [3.63, 3.8) is 0 Å². The van der Waals surface area contributed by atoms with Crippen LogP contribution in [0.25, 0.3) is 0 Å². The van der Waals surface area contributed by atoms with Gasteiger partial charge in [0.15, 0.2) is 11.5 Å². The third-order valence-electron chi connectivity index (χ3n) is 4.75. The number of phenols is 1. The van der Waals surface area contributed by atoms with Crippen molar-refractivity contribution in [1.82, 2.24) is 4.90 Å². The van der Waals surface area contributed by atoms with Gasteiger partial charge in [-0.3, -0.25) is 4.90 Å². The van der Waals surface area contributed by atoms with E-state index in [2.05, 4.69) is 18.7 Å². The summed E-state index contributed by atoms with van der Waals surface area (Å²) in [6.07, 6.45) is 3.66. The largest absolute Gasteiger partial charge is 0.504 e. The zero-order valence-corrected chi connectivity index (χ0v) is 13.3. The maximum atomic E-state index is 10.2. The van der Waals surface area contributed by atoms with Crippen LogP contribution in [0.3, 0.4) is 0 Å². The van der Waals surface area contributed by atoms with E-state index in [9.17, 15) is 5.11 Å². The van der Waals surface area contributed by atoms with E-state index in [4.69, 9.17) is 16.3 Å². The van der Waals surface area contributed by atoms with E-state index in [0.717, 1.165) is 25.2 Å². The maximum Gasteiger partial charge on any atom is 0.162 e. The number of methoxy groups -OCH3 is 1. The van der Waals surface area contributed by atoms with Crippen molar-refractivity contribution in [3.8, 4) is 11.5 Å². The molecule has 0 atom stereocenters. The molecule has 2 rings (SSSR count). The number of aromatic hydroxyl groups is 1. The van der Waals surface area contributed by atoms with Crippen molar-refractivity contribution in [2.45, 2.75) is 39.7 Å². The highest BCUT2D eigenvalue weighted by molar-refractivity contribution is 6.30. The molecule has 0 saturated carbocycles. The lowest BCUT2D eigenvalue weighted by Crippen LogP contribution is -2.26. The maximum absolute atomic E-state index is 10.2. The summed E-state index contributed by atoms with van der Waals surface area (Å²) in [4.78, 5) is 2.40. The summed E-state index contributed by atoms with van der Waals surface area (Å²) in [7, 11) is 1.55. The van der Waals surface area contributed by atoms with Crippen molar-refractivity contribution in [1.29, 1.82) is 0 Å². The van der Waals surface area contributed by atoms with Gasteiger partial charge in [-0.2, -0.15) is 0 Å². The number of hydrogen-bond acceptors (Lipinski definition) is 3. The first-order chi connectivity index (χ1) is 9.53. The van der Waals surface area contributed by atoms with Gasteiger partial charge in [-0.25, -0.2) is 0 Å². The zero-order valence-electron chi connectivity index (χ0n) is 12.6. The lowest BCUT2D eigenvalue weighted by molar-refractivity contribution is 0.234. The van der Waals surface area contributed by atoms with Gasteiger partial charge in [-0.15, -0.1) is 0 Å². The number of benzene rings is 1. The molecule has 112 valence electrons. The molecule has 20 heavy (non-hydrogen) atoms. The number of rotatable bonds is 5. The van der Waals surface area contributed by atoms with Gasteiger partial charge in [0.1, 0.15) is 0 Å². The van der Waals surface area contributed by atoms with Crippen LogP contribution in [0.15, 0.2) is 12.1 Å². The minimum absolute atomic E-state index is 0.211. The molecule has 1 fully saturated rings. The summed E-state index contributed by atoms with van der Waals surface area (Å²) in [6.45, 7) is 7.44. The Bertz CT molecular complexity index is 472. The molecule has 1 aliphatic rings. The predicted molar refractivity (Wildman–Crippen MR) is 82.6 cm³/mol. The van der Waals surface area contributed by atoms with E-state index in [0.29, 0.717) is 16.2 Å². The van der Waals surface area contributed by atoms with Crippen LogP contribution in [-0.4, -0.2) is 30.2 Å². The van der Waals surface area contributed by atoms with E-state index >= 15 is 0 Å². The lowest BCUT2D eigenvalue weighted by Gasteiger charge is -2.26. The Morgan fingerprint density at radius 2 is 2.05 bits per heavy atom. The minimum Gasteiger partial charge on any atom is -0.504 e. The molecule has 0 aliphatic carbocycles. The normalized spacial score (nSPS) is 18.4. The average molecular weight is 298 g/mol. The van der Waals surface area contributed by atoms with Crippen LogP contribution in [-0.2, 0) is 6.54 Å². The van der Waals surface area contributed by atoms with E-state index in [1.165, 1.54) is 19.3 Å². The van der Waals surface area contributed by atoms with Gasteiger partial charge in [-0.1, -0.05) is 25.4 Å². The number of ether oxygens (including phenoxy) is 1. The van der Waals surface area contributed by atoms with Gasteiger partial charge in [0.25, 0.3) is 0 Å². The van der Waals surface area contributed by atoms with Crippen LogP contribution in [0.4, 0.5) is 0 Å². The number of nitrogens with zero attached hydrogens (tertiary/aromatic N) is 1. The second-order valence-corrected chi connectivity index (χ2v) is 6.22. The molecule has 1 saturated heterocycles. The second kappa shape index (κ2) is 6.23. The average Bonchev–Trinajstić information content (AvgIpc) is 2.86. The number of hydrogen-bond donors (Lipinski definition) is 1. The third-order valence-corrected chi connectivity index (χ3v) is 4.97. The molecule has 1 aromatic carbocycles. The Morgan fingerprint density at radius 3 is 2.60 bits per heavy atom. The molecular weight excluding hydrogens is 274 g/mol. The Hall–Kier alpha value is -0.930. The van der Waals surface area contributed by atoms with E-state index in [1.54, 1.807) is 13.2 Å². The fourth-order valence-corrected chi connectivity index (χ4v) is 3.37. The quantitative estimate of drug-likeness (QED) is 0.889. The molecule has 4 heteroatoms. The Morgan fingerprint density at radius 1 is 1.35 bits per heavy atom. The van der Waals surface area contributed by atoms with Crippen LogP contribution < -0.4 is 4.74 Å². The molecule has 0 bridgehead atoms. The molecule has 1 aromatic rings. The van der Waals surface area contributed by atoms with Gasteiger partial charge < -0.3 is 9.84 Å². The van der Waals surface area contributed by atoms with E-state index in [-0.39, 0.29) is 5.75 Å². The SMILES string of the molecule is CCC1(CC)CCN(Cc2cc(Cl)cc(OC)c2O)C1. The smallest absolute Gasteiger partial charge is 0.162 e. The fourth-order valence-electron chi connectivity index (χ4n) is 3.14. The van der Waals surface area contributed by atoms with Crippen molar-refractivity contribution in [3.05, 3.63) is 22.7 Å². The van der Waals surface area contributed by atoms with Crippen molar-refractivity contribution in [2.24, 2.45) is 5.41 Å². The standard InChI is InChI=1S/C16H24ClNO2/c1-4-16(5-2)6-7-18(11-16)10-12-8-13(17)9-14(20-3)15(12)19/h8-9,19H,4-7,10-11H2,1-3H3. The lowest BCUT2D eigenvalue weighted by atomic mass is 9.82. The highest BCUT2D eigenvalue weighted by atomic mass is 35.5. The first kappa shape index (κ1) is 15.5. The Kier molecular flexibility index (Phi) is 4.82. The molecule has 1 heterocycles. The molecule has 0 radical (unpaired) electrons. The highest BCUT2D eigenvalue weighted by Gasteiger charge is 2.35. The molecule has 0 aromatic heterocycles. The summed E-state index contributed by atoms with van der Waals surface area (Å²) >= 11 is 6.09. The molecular formula is C16H24ClNO2. The van der Waals surface area contributed by atoms with Crippen molar-refractivity contribution in [2.75, 3.05) is 20.2 Å². The van der Waals surface area contributed by atoms with Gasteiger partial charge in [0, 0.05) is 29.7 Å². The number of phenolic OH excluding ortho intramolecular Hbond substituents is 1. The topological polar surface area (TPSA) is 32.7 Å². The molecule has 1 N–H and O–H groups in total. The summed E-state index contributed by atoms with van der Waals surface area (Å²) in [5.74, 6) is 0.659. The second-order valence-electron chi connectivity index (χ2n) is 5.78. The first-order valence-electron chi connectivity index (χ1n) is 7.31. The van der Waals surface area contributed by atoms with Crippen LogP contribution in [0.1, 0.15) is 38.7 Å². The first-order valence-corrected chi connectivity index (χ1v) is 7.69. The number of halogens is 1. The highest BCUT2D eigenvalue weighted by Crippen LogP contribution is 2.39. The van der Waals surface area contributed by atoms with Crippen LogP contribution in [0.2, 0.25) is 5.02 Å². The predicted octanol–water partition coefficient (Wildman–Crippen LogP) is 4.07.